The summed E-state index contributed by atoms with van der Waals surface area (Å²) < 4.78 is 4.75. The Morgan fingerprint density at radius 1 is 1.58 bits per heavy atom. The van der Waals surface area contributed by atoms with Gasteiger partial charge in [0.25, 0.3) is 5.24 Å². The minimum absolute atomic E-state index is 0.0108. The molecule has 0 aliphatic carbocycles. The molecule has 0 aromatic carbocycles. The SMILES string of the molecule is COc1ncnc(Cl)c1C(=O)Cl. The molecule has 4 nitrogen and oxygen atoms in total. The van der Waals surface area contributed by atoms with Crippen LogP contribution in [0.4, 0.5) is 0 Å². The van der Waals surface area contributed by atoms with Gasteiger partial charge in [0.05, 0.1) is 7.11 Å². The molecule has 0 bridgehead atoms. The Hall–Kier alpha value is -0.870. The van der Waals surface area contributed by atoms with Crippen LogP contribution in [0.1, 0.15) is 10.4 Å². The second-order valence-electron chi connectivity index (χ2n) is 1.82. The first-order chi connectivity index (χ1) is 5.66. The van der Waals surface area contributed by atoms with Gasteiger partial charge in [-0.15, -0.1) is 0 Å². The zero-order valence-corrected chi connectivity index (χ0v) is 7.56. The van der Waals surface area contributed by atoms with Gasteiger partial charge in [-0.2, -0.15) is 0 Å². The Labute approximate surface area is 78.5 Å². The molecule has 12 heavy (non-hydrogen) atoms. The van der Waals surface area contributed by atoms with Crippen LogP contribution in [0.3, 0.4) is 0 Å². The average Bonchev–Trinajstić information content (AvgIpc) is 2.03. The standard InChI is InChI=1S/C6H4Cl2N2O2/c1-12-6-3(5(8)11)4(7)9-2-10-6/h2H,1H3. The van der Waals surface area contributed by atoms with Gasteiger partial charge in [0.15, 0.2) is 0 Å². The lowest BCUT2D eigenvalue weighted by Crippen LogP contribution is -2.00. The Kier molecular flexibility index (Phi) is 2.83. The Morgan fingerprint density at radius 3 is 2.67 bits per heavy atom. The van der Waals surface area contributed by atoms with Crippen LogP contribution < -0.4 is 4.74 Å². The van der Waals surface area contributed by atoms with Crippen molar-refractivity contribution in [3.8, 4) is 5.88 Å². The second-order valence-corrected chi connectivity index (χ2v) is 2.52. The number of nitrogens with zero attached hydrogens (tertiary/aromatic N) is 2. The molecule has 0 amide bonds. The second kappa shape index (κ2) is 3.69. The van der Waals surface area contributed by atoms with E-state index in [9.17, 15) is 4.79 Å². The van der Waals surface area contributed by atoms with Gasteiger partial charge >= 0.3 is 0 Å². The molecule has 1 aromatic heterocycles. The highest BCUT2D eigenvalue weighted by Crippen LogP contribution is 2.22. The molecule has 6 heteroatoms. The fourth-order valence-corrected chi connectivity index (χ4v) is 1.10. The van der Waals surface area contributed by atoms with E-state index >= 15 is 0 Å². The molecule has 0 spiro atoms. The molecule has 0 fully saturated rings. The minimum atomic E-state index is -0.738. The maximum atomic E-state index is 10.8. The number of methoxy groups -OCH3 is 1. The average molecular weight is 207 g/mol. The van der Waals surface area contributed by atoms with Gasteiger partial charge in [0, 0.05) is 0 Å². The molecular formula is C6H4Cl2N2O2. The topological polar surface area (TPSA) is 52.1 Å². The van der Waals surface area contributed by atoms with E-state index in [2.05, 4.69) is 9.97 Å². The summed E-state index contributed by atoms with van der Waals surface area (Å²) in [6, 6.07) is 0. The van der Waals surface area contributed by atoms with E-state index in [-0.39, 0.29) is 16.6 Å². The Balaban J connectivity index is 3.29. The Bertz CT molecular complexity index is 316. The maximum absolute atomic E-state index is 10.8. The largest absolute Gasteiger partial charge is 0.480 e. The van der Waals surface area contributed by atoms with Crippen molar-refractivity contribution in [1.29, 1.82) is 0 Å². The van der Waals surface area contributed by atoms with E-state index in [0.717, 1.165) is 0 Å². The van der Waals surface area contributed by atoms with E-state index < -0.39 is 5.24 Å². The summed E-state index contributed by atoms with van der Waals surface area (Å²) in [5.41, 5.74) is -0.0108. The lowest BCUT2D eigenvalue weighted by molar-refractivity contribution is 0.107. The third kappa shape index (κ3) is 1.65. The summed E-state index contributed by atoms with van der Waals surface area (Å²) in [6.45, 7) is 0. The van der Waals surface area contributed by atoms with Crippen LogP contribution in [0.25, 0.3) is 0 Å². The fourth-order valence-electron chi connectivity index (χ4n) is 0.669. The zero-order chi connectivity index (χ0) is 9.14. The number of carbonyl (C=O) groups is 1. The first-order valence-electron chi connectivity index (χ1n) is 2.91. The molecule has 0 saturated carbocycles. The van der Waals surface area contributed by atoms with Gasteiger partial charge in [-0.25, -0.2) is 9.97 Å². The number of ether oxygens (including phenoxy) is 1. The monoisotopic (exact) mass is 206 g/mol. The van der Waals surface area contributed by atoms with Crippen molar-refractivity contribution < 1.29 is 9.53 Å². The van der Waals surface area contributed by atoms with Crippen molar-refractivity contribution in [1.82, 2.24) is 9.97 Å². The van der Waals surface area contributed by atoms with Gasteiger partial charge in [0.2, 0.25) is 5.88 Å². The number of carbonyl (C=O) groups excluding carboxylic acids is 1. The summed E-state index contributed by atoms with van der Waals surface area (Å²) in [7, 11) is 1.36. The molecule has 1 heterocycles. The Morgan fingerprint density at radius 2 is 2.25 bits per heavy atom. The van der Waals surface area contributed by atoms with E-state index in [1.165, 1.54) is 13.4 Å². The normalized spacial score (nSPS) is 9.58. The van der Waals surface area contributed by atoms with Crippen LogP contribution >= 0.6 is 23.2 Å². The molecule has 0 radical (unpaired) electrons. The summed E-state index contributed by atoms with van der Waals surface area (Å²) in [5.74, 6) is 0.0787. The third-order valence-electron chi connectivity index (χ3n) is 1.16. The van der Waals surface area contributed by atoms with Crippen molar-refractivity contribution in [2.45, 2.75) is 0 Å². The van der Waals surface area contributed by atoms with E-state index in [1.54, 1.807) is 0 Å². The van der Waals surface area contributed by atoms with Crippen molar-refractivity contribution in [2.24, 2.45) is 0 Å². The summed E-state index contributed by atoms with van der Waals surface area (Å²) >= 11 is 10.8. The zero-order valence-electron chi connectivity index (χ0n) is 6.04. The molecule has 0 aliphatic heterocycles. The van der Waals surface area contributed by atoms with E-state index in [0.29, 0.717) is 0 Å². The van der Waals surface area contributed by atoms with E-state index in [4.69, 9.17) is 27.9 Å². The molecule has 0 atom stereocenters. The maximum Gasteiger partial charge on any atom is 0.261 e. The van der Waals surface area contributed by atoms with Gasteiger partial charge in [-0.1, -0.05) is 11.6 Å². The van der Waals surface area contributed by atoms with Crippen LogP contribution in [0.2, 0.25) is 5.15 Å². The number of rotatable bonds is 2. The van der Waals surface area contributed by atoms with Crippen LogP contribution in [0.5, 0.6) is 5.88 Å². The first kappa shape index (κ1) is 9.22. The highest BCUT2D eigenvalue weighted by molar-refractivity contribution is 6.69. The van der Waals surface area contributed by atoms with Gasteiger partial charge < -0.3 is 4.74 Å². The fraction of sp³-hybridized carbons (Fsp3) is 0.167. The molecule has 0 saturated heterocycles. The van der Waals surface area contributed by atoms with Gasteiger partial charge in [0.1, 0.15) is 17.0 Å². The molecular weight excluding hydrogens is 203 g/mol. The minimum Gasteiger partial charge on any atom is -0.480 e. The molecule has 0 aliphatic rings. The summed E-state index contributed by atoms with van der Waals surface area (Å²) in [6.07, 6.45) is 1.19. The highest BCUT2D eigenvalue weighted by Gasteiger charge is 2.16. The van der Waals surface area contributed by atoms with Crippen LogP contribution in [-0.4, -0.2) is 22.3 Å². The van der Waals surface area contributed by atoms with Crippen molar-refractivity contribution in [3.05, 3.63) is 17.0 Å². The van der Waals surface area contributed by atoms with Gasteiger partial charge in [-0.3, -0.25) is 4.79 Å². The molecule has 64 valence electrons. The van der Waals surface area contributed by atoms with Gasteiger partial charge in [-0.05, 0) is 11.6 Å². The number of aromatic nitrogens is 2. The predicted molar refractivity (Wildman–Crippen MR) is 43.8 cm³/mol. The smallest absolute Gasteiger partial charge is 0.261 e. The number of halogens is 2. The quantitative estimate of drug-likeness (QED) is 0.544. The third-order valence-corrected chi connectivity index (χ3v) is 1.63. The number of hydrogen-bond acceptors (Lipinski definition) is 4. The molecule has 1 aromatic rings. The van der Waals surface area contributed by atoms with Crippen molar-refractivity contribution in [2.75, 3.05) is 7.11 Å². The first-order valence-corrected chi connectivity index (χ1v) is 3.66. The lowest BCUT2D eigenvalue weighted by Gasteiger charge is -2.02. The van der Waals surface area contributed by atoms with Crippen LogP contribution in [0, 0.1) is 0 Å². The lowest BCUT2D eigenvalue weighted by atomic mass is 10.3. The summed E-state index contributed by atoms with van der Waals surface area (Å²) in [5, 5.41) is -0.751. The predicted octanol–water partition coefficient (Wildman–Crippen LogP) is 1.52. The van der Waals surface area contributed by atoms with Crippen molar-refractivity contribution in [3.63, 3.8) is 0 Å². The molecule has 0 unspecified atom stereocenters. The number of hydrogen-bond donors (Lipinski definition) is 0. The molecule has 0 N–H and O–H groups in total. The van der Waals surface area contributed by atoms with Crippen LogP contribution in [0.15, 0.2) is 6.33 Å². The van der Waals surface area contributed by atoms with E-state index in [1.807, 2.05) is 0 Å². The van der Waals surface area contributed by atoms with Crippen LogP contribution in [-0.2, 0) is 0 Å². The van der Waals surface area contributed by atoms with Crippen molar-refractivity contribution >= 4 is 28.4 Å². The summed E-state index contributed by atoms with van der Waals surface area (Å²) in [4.78, 5) is 18.0. The highest BCUT2D eigenvalue weighted by atomic mass is 35.5. The molecule has 1 rings (SSSR count).